The van der Waals surface area contributed by atoms with Gasteiger partial charge in [-0.2, -0.15) is 0 Å². The second-order valence-corrected chi connectivity index (χ2v) is 6.59. The van der Waals surface area contributed by atoms with Gasteiger partial charge < -0.3 is 5.11 Å². The largest absolute Gasteiger partial charge is 0.507 e. The van der Waals surface area contributed by atoms with Crippen molar-refractivity contribution in [3.05, 3.63) is 98.5 Å². The molecule has 0 fully saturated rings. The molecule has 4 rings (SSSR count). The number of benzene rings is 3. The maximum absolute atomic E-state index is 13.0. The minimum Gasteiger partial charge on any atom is -0.507 e. The van der Waals surface area contributed by atoms with Crippen LogP contribution >= 0.6 is 23.2 Å². The van der Waals surface area contributed by atoms with Crippen LogP contribution in [0, 0.1) is 0 Å². The van der Waals surface area contributed by atoms with Gasteiger partial charge in [0.15, 0.2) is 5.78 Å². The normalized spacial score (nSPS) is 12.6. The Kier molecular flexibility index (Phi) is 3.87. The van der Waals surface area contributed by atoms with Crippen LogP contribution in [-0.4, -0.2) is 10.9 Å². The summed E-state index contributed by atoms with van der Waals surface area (Å²) in [5.41, 5.74) is 3.80. The van der Waals surface area contributed by atoms with E-state index in [2.05, 4.69) is 0 Å². The maximum Gasteiger partial charge on any atom is 0.197 e. The van der Waals surface area contributed by atoms with Crippen LogP contribution in [0.25, 0.3) is 11.6 Å². The molecule has 0 bridgehead atoms. The lowest BCUT2D eigenvalue weighted by Gasteiger charge is -2.23. The number of carbonyl (C=O) groups excluding carboxylic acids is 1. The van der Waals surface area contributed by atoms with Gasteiger partial charge in [0, 0.05) is 16.7 Å². The van der Waals surface area contributed by atoms with Gasteiger partial charge in [-0.05, 0) is 41.0 Å². The summed E-state index contributed by atoms with van der Waals surface area (Å²) >= 11 is 12.6. The summed E-state index contributed by atoms with van der Waals surface area (Å²) in [7, 11) is 0. The Morgan fingerprint density at radius 1 is 0.760 bits per heavy atom. The molecule has 0 amide bonds. The minimum absolute atomic E-state index is 0.166. The number of ketones is 1. The van der Waals surface area contributed by atoms with Crippen molar-refractivity contribution in [3.8, 4) is 5.75 Å². The first-order chi connectivity index (χ1) is 12.1. The Hall–Kier alpha value is -2.55. The molecule has 25 heavy (non-hydrogen) atoms. The van der Waals surface area contributed by atoms with E-state index in [0.29, 0.717) is 26.7 Å². The Morgan fingerprint density at radius 3 is 1.88 bits per heavy atom. The van der Waals surface area contributed by atoms with Gasteiger partial charge in [0.05, 0.1) is 10.0 Å². The summed E-state index contributed by atoms with van der Waals surface area (Å²) in [5, 5.41) is 10.9. The standard InChI is InChI=1S/C21H12Cl2O2/c22-16-8-3-6-13-15(11-12-5-1-2-10-18(12)24)14-7-4-9-17(23)20(14)21(25)19(13)16/h1-11,24H. The van der Waals surface area contributed by atoms with Crippen molar-refractivity contribution in [2.24, 2.45) is 0 Å². The molecule has 0 saturated carbocycles. The van der Waals surface area contributed by atoms with Gasteiger partial charge in [0.1, 0.15) is 5.75 Å². The quantitative estimate of drug-likeness (QED) is 0.459. The highest BCUT2D eigenvalue weighted by Crippen LogP contribution is 2.42. The summed E-state index contributed by atoms with van der Waals surface area (Å²) in [6.45, 7) is 0. The molecule has 122 valence electrons. The smallest absolute Gasteiger partial charge is 0.197 e. The van der Waals surface area contributed by atoms with E-state index in [1.54, 1.807) is 24.3 Å². The molecule has 1 aliphatic carbocycles. The van der Waals surface area contributed by atoms with E-state index in [-0.39, 0.29) is 11.5 Å². The first-order valence-electron chi connectivity index (χ1n) is 7.70. The fourth-order valence-electron chi connectivity index (χ4n) is 3.15. The molecule has 4 heteroatoms. The highest BCUT2D eigenvalue weighted by Gasteiger charge is 2.30. The molecule has 0 aliphatic heterocycles. The highest BCUT2D eigenvalue weighted by molar-refractivity contribution is 6.40. The summed E-state index contributed by atoms with van der Waals surface area (Å²) in [6.07, 6.45) is 1.85. The number of fused-ring (bicyclic) bond motifs is 2. The van der Waals surface area contributed by atoms with Crippen molar-refractivity contribution in [1.82, 2.24) is 0 Å². The van der Waals surface area contributed by atoms with E-state index in [4.69, 9.17) is 23.2 Å². The third-order valence-electron chi connectivity index (χ3n) is 4.30. The van der Waals surface area contributed by atoms with Crippen LogP contribution < -0.4 is 0 Å². The van der Waals surface area contributed by atoms with Crippen LogP contribution in [0.15, 0.2) is 60.7 Å². The van der Waals surface area contributed by atoms with Crippen LogP contribution in [0.1, 0.15) is 32.6 Å². The van der Waals surface area contributed by atoms with Gasteiger partial charge in [-0.3, -0.25) is 4.79 Å². The molecule has 3 aromatic carbocycles. The molecule has 0 heterocycles. The predicted octanol–water partition coefficient (Wildman–Crippen LogP) is 5.83. The molecule has 0 aromatic heterocycles. The van der Waals surface area contributed by atoms with Gasteiger partial charge in [-0.15, -0.1) is 0 Å². The summed E-state index contributed by atoms with van der Waals surface area (Å²) in [6, 6.07) is 17.8. The summed E-state index contributed by atoms with van der Waals surface area (Å²) in [4.78, 5) is 13.0. The van der Waals surface area contributed by atoms with Gasteiger partial charge >= 0.3 is 0 Å². The Balaban J connectivity index is 2.08. The maximum atomic E-state index is 13.0. The Bertz CT molecular complexity index is 994. The van der Waals surface area contributed by atoms with Crippen LogP contribution in [0.5, 0.6) is 5.75 Å². The lowest BCUT2D eigenvalue weighted by atomic mass is 9.80. The van der Waals surface area contributed by atoms with Crippen molar-refractivity contribution >= 4 is 40.6 Å². The average molecular weight is 367 g/mol. The molecular formula is C21H12Cl2O2. The van der Waals surface area contributed by atoms with E-state index < -0.39 is 0 Å². The van der Waals surface area contributed by atoms with E-state index in [0.717, 1.165) is 16.7 Å². The van der Waals surface area contributed by atoms with Gasteiger partial charge in [0.25, 0.3) is 0 Å². The van der Waals surface area contributed by atoms with Crippen molar-refractivity contribution in [2.75, 3.05) is 0 Å². The predicted molar refractivity (Wildman–Crippen MR) is 101 cm³/mol. The molecule has 0 unspecified atom stereocenters. The number of halogens is 2. The van der Waals surface area contributed by atoms with Crippen molar-refractivity contribution in [3.63, 3.8) is 0 Å². The summed E-state index contributed by atoms with van der Waals surface area (Å²) in [5.74, 6) is -0.0188. The monoisotopic (exact) mass is 366 g/mol. The number of hydrogen-bond donors (Lipinski definition) is 1. The summed E-state index contributed by atoms with van der Waals surface area (Å²) < 4.78 is 0. The zero-order valence-corrected chi connectivity index (χ0v) is 14.5. The second kappa shape index (κ2) is 6.07. The third-order valence-corrected chi connectivity index (χ3v) is 4.93. The number of hydrogen-bond acceptors (Lipinski definition) is 2. The number of phenols is 1. The van der Waals surface area contributed by atoms with E-state index in [1.165, 1.54) is 0 Å². The molecule has 3 aromatic rings. The molecule has 1 aliphatic rings. The van der Waals surface area contributed by atoms with Gasteiger partial charge in [0.2, 0.25) is 0 Å². The van der Waals surface area contributed by atoms with Crippen LogP contribution in [0.3, 0.4) is 0 Å². The van der Waals surface area contributed by atoms with E-state index >= 15 is 0 Å². The first-order valence-corrected chi connectivity index (χ1v) is 8.45. The third kappa shape index (κ3) is 2.55. The Labute approximate surface area is 155 Å². The zero-order valence-electron chi connectivity index (χ0n) is 13.0. The SMILES string of the molecule is O=C1c2c(Cl)cccc2C(=Cc2ccccc2O)c2cccc(Cl)c21. The van der Waals surface area contributed by atoms with Crippen molar-refractivity contribution in [1.29, 1.82) is 0 Å². The molecule has 2 nitrogen and oxygen atoms in total. The Morgan fingerprint density at radius 2 is 1.32 bits per heavy atom. The van der Waals surface area contributed by atoms with E-state index in [1.807, 2.05) is 42.5 Å². The van der Waals surface area contributed by atoms with Crippen LogP contribution in [0.4, 0.5) is 0 Å². The number of para-hydroxylation sites is 1. The number of aromatic hydroxyl groups is 1. The molecule has 1 N–H and O–H groups in total. The van der Waals surface area contributed by atoms with Gasteiger partial charge in [-0.1, -0.05) is 65.7 Å². The van der Waals surface area contributed by atoms with Gasteiger partial charge in [-0.25, -0.2) is 0 Å². The second-order valence-electron chi connectivity index (χ2n) is 5.77. The molecule has 0 saturated heterocycles. The first kappa shape index (κ1) is 15.9. The lowest BCUT2D eigenvalue weighted by Crippen LogP contribution is -2.15. The van der Waals surface area contributed by atoms with Crippen molar-refractivity contribution < 1.29 is 9.90 Å². The molecule has 0 spiro atoms. The number of rotatable bonds is 1. The molecule has 0 atom stereocenters. The van der Waals surface area contributed by atoms with Crippen LogP contribution in [-0.2, 0) is 0 Å². The average Bonchev–Trinajstić information content (AvgIpc) is 2.60. The number of carbonyl (C=O) groups is 1. The van der Waals surface area contributed by atoms with E-state index in [9.17, 15) is 9.90 Å². The van der Waals surface area contributed by atoms with Crippen LogP contribution in [0.2, 0.25) is 10.0 Å². The topological polar surface area (TPSA) is 37.3 Å². The van der Waals surface area contributed by atoms with Crippen molar-refractivity contribution in [2.45, 2.75) is 0 Å². The lowest BCUT2D eigenvalue weighted by molar-refractivity contribution is 0.103. The number of phenolic OH excluding ortho intramolecular Hbond substituents is 1. The minimum atomic E-state index is -0.185. The molecular weight excluding hydrogens is 355 g/mol. The highest BCUT2D eigenvalue weighted by atomic mass is 35.5. The molecule has 0 radical (unpaired) electrons. The fourth-order valence-corrected chi connectivity index (χ4v) is 3.67. The fraction of sp³-hybridized carbons (Fsp3) is 0. The zero-order chi connectivity index (χ0) is 17.6.